The lowest BCUT2D eigenvalue weighted by molar-refractivity contribution is -0.143. The van der Waals surface area contributed by atoms with Crippen molar-refractivity contribution in [1.29, 1.82) is 0 Å². The maximum atomic E-state index is 13.0. The molecule has 1 N–H and O–H groups in total. The minimum Gasteiger partial charge on any atom is -0.280 e. The minimum absolute atomic E-state index is 0.0610. The molecule has 0 spiro atoms. The fraction of sp³-hybridized carbons (Fsp3) is 0.368. The predicted molar refractivity (Wildman–Crippen MR) is 97.4 cm³/mol. The van der Waals surface area contributed by atoms with Crippen molar-refractivity contribution in [3.8, 4) is 0 Å². The molecule has 0 amide bonds. The highest BCUT2D eigenvalue weighted by Crippen LogP contribution is 2.38. The average molecular weight is 439 g/mol. The Bertz CT molecular complexity index is 1010. The number of benzene rings is 2. The highest BCUT2D eigenvalue weighted by atomic mass is 32.2. The monoisotopic (exact) mass is 439 g/mol. The summed E-state index contributed by atoms with van der Waals surface area (Å²) in [5.74, 6) is 0. The van der Waals surface area contributed by atoms with Crippen LogP contribution >= 0.6 is 0 Å². The first-order chi connectivity index (χ1) is 13.0. The van der Waals surface area contributed by atoms with Gasteiger partial charge in [0.05, 0.1) is 21.7 Å². The summed E-state index contributed by atoms with van der Waals surface area (Å²) < 4.78 is 106. The van der Waals surface area contributed by atoms with Crippen LogP contribution in [0.25, 0.3) is 0 Å². The highest BCUT2D eigenvalue weighted by Gasteiger charge is 2.37. The lowest BCUT2D eigenvalue weighted by Crippen LogP contribution is -2.19. The van der Waals surface area contributed by atoms with Crippen LogP contribution in [0.15, 0.2) is 23.1 Å². The van der Waals surface area contributed by atoms with Crippen LogP contribution < -0.4 is 4.72 Å². The first-order valence-electron chi connectivity index (χ1n) is 8.36. The van der Waals surface area contributed by atoms with Crippen molar-refractivity contribution in [2.45, 2.75) is 51.9 Å². The SMILES string of the molecule is Cc1c(C)c(C)c(S(=O)(=O)Nc2cc(C(F)(F)F)cc(C(F)(F)F)c2)c(C)c1C. The zero-order chi connectivity index (χ0) is 22.5. The summed E-state index contributed by atoms with van der Waals surface area (Å²) in [5.41, 5.74) is -1.06. The third kappa shape index (κ3) is 4.52. The molecule has 0 bridgehead atoms. The van der Waals surface area contributed by atoms with Gasteiger partial charge in [0.1, 0.15) is 0 Å². The van der Waals surface area contributed by atoms with Gasteiger partial charge in [0.15, 0.2) is 0 Å². The first kappa shape index (κ1) is 23.1. The molecule has 10 heteroatoms. The normalized spacial score (nSPS) is 12.9. The molecule has 160 valence electrons. The van der Waals surface area contributed by atoms with Gasteiger partial charge < -0.3 is 0 Å². The summed E-state index contributed by atoms with van der Waals surface area (Å²) in [6.07, 6.45) is -10.2. The van der Waals surface area contributed by atoms with Crippen molar-refractivity contribution >= 4 is 15.7 Å². The molecule has 0 saturated heterocycles. The van der Waals surface area contributed by atoms with E-state index < -0.39 is 39.2 Å². The van der Waals surface area contributed by atoms with Gasteiger partial charge in [-0.25, -0.2) is 8.42 Å². The lowest BCUT2D eigenvalue weighted by Gasteiger charge is -2.20. The van der Waals surface area contributed by atoms with Crippen molar-refractivity contribution < 1.29 is 34.8 Å². The van der Waals surface area contributed by atoms with Gasteiger partial charge in [0.25, 0.3) is 10.0 Å². The van der Waals surface area contributed by atoms with E-state index in [2.05, 4.69) is 0 Å². The molecule has 0 radical (unpaired) electrons. The molecule has 0 aliphatic rings. The van der Waals surface area contributed by atoms with E-state index in [1.165, 1.54) is 13.8 Å². The number of halogens is 6. The smallest absolute Gasteiger partial charge is 0.280 e. The van der Waals surface area contributed by atoms with Gasteiger partial charge in [-0.15, -0.1) is 0 Å². The van der Waals surface area contributed by atoms with Crippen LogP contribution in [0.4, 0.5) is 32.0 Å². The fourth-order valence-electron chi connectivity index (χ4n) is 3.09. The van der Waals surface area contributed by atoms with E-state index in [1.807, 2.05) is 4.72 Å². The van der Waals surface area contributed by atoms with Gasteiger partial charge in [-0.3, -0.25) is 4.72 Å². The second-order valence-corrected chi connectivity index (χ2v) is 8.47. The van der Waals surface area contributed by atoms with Gasteiger partial charge in [-0.05, 0) is 80.6 Å². The van der Waals surface area contributed by atoms with Gasteiger partial charge >= 0.3 is 12.4 Å². The topological polar surface area (TPSA) is 46.2 Å². The van der Waals surface area contributed by atoms with Crippen molar-refractivity contribution in [1.82, 2.24) is 0 Å². The van der Waals surface area contributed by atoms with E-state index in [-0.39, 0.29) is 11.0 Å². The Labute approximate surface area is 164 Å². The molecule has 2 aromatic carbocycles. The Morgan fingerprint density at radius 1 is 0.655 bits per heavy atom. The fourth-order valence-corrected chi connectivity index (χ4v) is 4.73. The third-order valence-electron chi connectivity index (χ3n) is 5.04. The number of anilines is 1. The molecule has 0 unspecified atom stereocenters. The van der Waals surface area contributed by atoms with E-state index in [1.54, 1.807) is 20.8 Å². The standard InChI is InChI=1S/C19H19F6NO2S/c1-9-10(2)12(4)17(13(5)11(9)3)29(27,28)26-16-7-14(18(20,21)22)6-15(8-16)19(23,24)25/h6-8,26H,1-5H3. The summed E-state index contributed by atoms with van der Waals surface area (Å²) in [6.45, 7) is 8.27. The van der Waals surface area contributed by atoms with Gasteiger partial charge in [0, 0.05) is 0 Å². The van der Waals surface area contributed by atoms with Crippen molar-refractivity contribution in [2.24, 2.45) is 0 Å². The molecular weight excluding hydrogens is 420 g/mol. The van der Waals surface area contributed by atoms with Crippen LogP contribution in [0.1, 0.15) is 38.9 Å². The van der Waals surface area contributed by atoms with Gasteiger partial charge in [-0.1, -0.05) is 0 Å². The zero-order valence-corrected chi connectivity index (χ0v) is 17.0. The molecule has 3 nitrogen and oxygen atoms in total. The van der Waals surface area contributed by atoms with Crippen LogP contribution in [0.2, 0.25) is 0 Å². The minimum atomic E-state index is -5.08. The van der Waals surface area contributed by atoms with Gasteiger partial charge in [0.2, 0.25) is 0 Å². The molecule has 0 saturated carbocycles. The molecule has 29 heavy (non-hydrogen) atoms. The zero-order valence-electron chi connectivity index (χ0n) is 16.2. The lowest BCUT2D eigenvalue weighted by atomic mass is 9.95. The number of alkyl halides is 6. The summed E-state index contributed by atoms with van der Waals surface area (Å²) in [6, 6.07) is 0.616. The van der Waals surface area contributed by atoms with Crippen LogP contribution in [-0.2, 0) is 22.4 Å². The van der Waals surface area contributed by atoms with Crippen molar-refractivity contribution in [3.05, 3.63) is 57.1 Å². The Hall–Kier alpha value is -2.23. The van der Waals surface area contributed by atoms with E-state index in [0.29, 0.717) is 34.4 Å². The highest BCUT2D eigenvalue weighted by molar-refractivity contribution is 7.92. The third-order valence-corrected chi connectivity index (χ3v) is 6.69. The largest absolute Gasteiger partial charge is 0.416 e. The maximum absolute atomic E-state index is 13.0. The van der Waals surface area contributed by atoms with Gasteiger partial charge in [-0.2, -0.15) is 26.3 Å². The number of hydrogen-bond donors (Lipinski definition) is 1. The Morgan fingerprint density at radius 2 is 1.00 bits per heavy atom. The number of rotatable bonds is 3. The molecule has 2 rings (SSSR count). The molecular formula is C19H19F6NO2S. The molecule has 2 aromatic rings. The Kier molecular flexibility index (Phi) is 5.75. The maximum Gasteiger partial charge on any atom is 0.416 e. The van der Waals surface area contributed by atoms with Crippen LogP contribution in [0.5, 0.6) is 0 Å². The number of sulfonamides is 1. The Morgan fingerprint density at radius 3 is 1.34 bits per heavy atom. The summed E-state index contributed by atoms with van der Waals surface area (Å²) in [5, 5.41) is 0. The first-order valence-corrected chi connectivity index (χ1v) is 9.84. The molecule has 0 aliphatic carbocycles. The second-order valence-electron chi connectivity index (χ2n) is 6.85. The molecule has 0 atom stereocenters. The van der Waals surface area contributed by atoms with E-state index in [4.69, 9.17) is 0 Å². The average Bonchev–Trinajstić information content (AvgIpc) is 2.56. The van der Waals surface area contributed by atoms with Crippen LogP contribution in [-0.4, -0.2) is 8.42 Å². The number of nitrogens with one attached hydrogen (secondary N) is 1. The summed E-state index contributed by atoms with van der Waals surface area (Å²) >= 11 is 0. The Balaban J connectivity index is 2.68. The van der Waals surface area contributed by atoms with Crippen LogP contribution in [0, 0.1) is 34.6 Å². The second kappa shape index (κ2) is 7.23. The molecule has 0 fully saturated rings. The van der Waals surface area contributed by atoms with E-state index >= 15 is 0 Å². The van der Waals surface area contributed by atoms with E-state index in [0.717, 1.165) is 5.56 Å². The van der Waals surface area contributed by atoms with Crippen LogP contribution in [0.3, 0.4) is 0 Å². The van der Waals surface area contributed by atoms with E-state index in [9.17, 15) is 34.8 Å². The summed E-state index contributed by atoms with van der Waals surface area (Å²) in [7, 11) is -4.45. The summed E-state index contributed by atoms with van der Waals surface area (Å²) in [4.78, 5) is -0.163. The molecule has 0 aromatic heterocycles. The molecule has 0 aliphatic heterocycles. The number of hydrogen-bond acceptors (Lipinski definition) is 2. The predicted octanol–water partition coefficient (Wildman–Crippen LogP) is 6.07. The van der Waals surface area contributed by atoms with Crippen molar-refractivity contribution in [2.75, 3.05) is 4.72 Å². The van der Waals surface area contributed by atoms with Crippen molar-refractivity contribution in [3.63, 3.8) is 0 Å². The molecule has 0 heterocycles. The quantitative estimate of drug-likeness (QED) is 0.591.